The molecule has 2 heterocycles. The molecule has 0 aliphatic carbocycles. The lowest BCUT2D eigenvalue weighted by molar-refractivity contribution is -0.140. The number of nitrogens with zero attached hydrogens (tertiary/aromatic N) is 3. The van der Waals surface area contributed by atoms with Crippen molar-refractivity contribution >= 4 is 35.0 Å². The number of fused-ring (bicyclic) bond motifs is 1. The van der Waals surface area contributed by atoms with E-state index in [2.05, 4.69) is 23.7 Å². The van der Waals surface area contributed by atoms with Crippen LogP contribution in [0.1, 0.15) is 58.7 Å². The minimum atomic E-state index is -0.826. The van der Waals surface area contributed by atoms with Crippen molar-refractivity contribution in [3.63, 3.8) is 0 Å². The van der Waals surface area contributed by atoms with E-state index in [0.29, 0.717) is 26.3 Å². The highest BCUT2D eigenvalue weighted by Crippen LogP contribution is 2.36. The number of thiazole rings is 1. The van der Waals surface area contributed by atoms with Gasteiger partial charge in [-0.2, -0.15) is 0 Å². The minimum absolute atomic E-state index is 0.130. The maximum absolute atomic E-state index is 14.0. The molecule has 0 radical (unpaired) electrons. The number of carbonyl (C=O) groups is 2. The zero-order chi connectivity index (χ0) is 30.6. The molecule has 1 aliphatic heterocycles. The van der Waals surface area contributed by atoms with Crippen LogP contribution in [-0.2, 0) is 14.3 Å². The summed E-state index contributed by atoms with van der Waals surface area (Å²) in [5.74, 6) is -0.376. The van der Waals surface area contributed by atoms with E-state index in [1.54, 1.807) is 25.1 Å². The highest BCUT2D eigenvalue weighted by Gasteiger charge is 2.34. The molecule has 0 bridgehead atoms. The van der Waals surface area contributed by atoms with Crippen LogP contribution in [0.4, 0.5) is 5.69 Å². The number of ether oxygens (including phenoxy) is 3. The molecule has 1 atom stereocenters. The first-order valence-electron chi connectivity index (χ1n) is 14.0. The zero-order valence-corrected chi connectivity index (χ0v) is 25.9. The molecule has 9 nitrogen and oxygen atoms in total. The smallest absolute Gasteiger partial charge is 0.338 e. The molecule has 1 aromatic heterocycles. The SMILES string of the molecule is CCN(CC)c1ccc(/C=c2\sc3n(c2=O)[C@H](c2ccc(OC(C)=O)c(OC)c2)C(C(=O)OCC(C)C)=C(C)N=3)cc1. The Labute approximate surface area is 249 Å². The molecule has 0 N–H and O–H groups in total. The Morgan fingerprint density at radius 1 is 1.10 bits per heavy atom. The van der Waals surface area contributed by atoms with Crippen LogP contribution in [0, 0.1) is 5.92 Å². The first kappa shape index (κ1) is 30.8. The fourth-order valence-corrected chi connectivity index (χ4v) is 5.88. The van der Waals surface area contributed by atoms with E-state index in [4.69, 9.17) is 14.2 Å². The van der Waals surface area contributed by atoms with Crippen LogP contribution in [0.2, 0.25) is 0 Å². The van der Waals surface area contributed by atoms with Crippen LogP contribution in [0.15, 0.2) is 63.5 Å². The lowest BCUT2D eigenvalue weighted by Gasteiger charge is -2.25. The Balaban J connectivity index is 1.87. The number of methoxy groups -OCH3 is 1. The molecule has 0 spiro atoms. The number of hydrogen-bond donors (Lipinski definition) is 0. The van der Waals surface area contributed by atoms with Gasteiger partial charge in [-0.05, 0) is 68.2 Å². The lowest BCUT2D eigenvalue weighted by Crippen LogP contribution is -2.40. The zero-order valence-electron chi connectivity index (χ0n) is 25.1. The summed E-state index contributed by atoms with van der Waals surface area (Å²) < 4.78 is 18.4. The topological polar surface area (TPSA) is 99.4 Å². The molecule has 3 aromatic rings. The van der Waals surface area contributed by atoms with Gasteiger partial charge in [-0.1, -0.05) is 43.4 Å². The predicted molar refractivity (Wildman–Crippen MR) is 164 cm³/mol. The minimum Gasteiger partial charge on any atom is -0.493 e. The van der Waals surface area contributed by atoms with Gasteiger partial charge >= 0.3 is 11.9 Å². The summed E-state index contributed by atoms with van der Waals surface area (Å²) in [7, 11) is 1.46. The second-order valence-electron chi connectivity index (χ2n) is 10.3. The van der Waals surface area contributed by atoms with Crippen LogP contribution in [-0.4, -0.2) is 43.3 Å². The van der Waals surface area contributed by atoms with E-state index in [1.165, 1.54) is 29.9 Å². The normalized spacial score (nSPS) is 14.9. The van der Waals surface area contributed by atoms with Crippen molar-refractivity contribution in [2.45, 2.75) is 47.6 Å². The summed E-state index contributed by atoms with van der Waals surface area (Å²) in [6.45, 7) is 13.2. The molecule has 4 rings (SSSR count). The first-order valence-corrected chi connectivity index (χ1v) is 14.8. The third-order valence-electron chi connectivity index (χ3n) is 6.87. The number of aromatic nitrogens is 1. The largest absolute Gasteiger partial charge is 0.493 e. The summed E-state index contributed by atoms with van der Waals surface area (Å²) >= 11 is 1.26. The molecule has 1 aliphatic rings. The maximum atomic E-state index is 14.0. The molecule has 222 valence electrons. The van der Waals surface area contributed by atoms with Crippen molar-refractivity contribution in [2.24, 2.45) is 10.9 Å². The van der Waals surface area contributed by atoms with Crippen molar-refractivity contribution in [1.29, 1.82) is 0 Å². The Hall–Kier alpha value is -4.18. The van der Waals surface area contributed by atoms with Gasteiger partial charge in [-0.3, -0.25) is 14.2 Å². The van der Waals surface area contributed by atoms with E-state index >= 15 is 0 Å². The average molecular weight is 592 g/mol. The maximum Gasteiger partial charge on any atom is 0.338 e. The van der Waals surface area contributed by atoms with Gasteiger partial charge in [0, 0.05) is 25.7 Å². The van der Waals surface area contributed by atoms with Gasteiger partial charge < -0.3 is 19.1 Å². The molecule has 0 fully saturated rings. The molecule has 42 heavy (non-hydrogen) atoms. The quantitative estimate of drug-likeness (QED) is 0.257. The number of esters is 2. The van der Waals surface area contributed by atoms with Crippen LogP contribution in [0.3, 0.4) is 0 Å². The monoisotopic (exact) mass is 591 g/mol. The van der Waals surface area contributed by atoms with Gasteiger partial charge in [-0.15, -0.1) is 0 Å². The summed E-state index contributed by atoms with van der Waals surface area (Å²) in [6.07, 6.45) is 1.84. The molecular formula is C32H37N3O6S. The standard InChI is InChI=1S/C32H37N3O6S/c1-8-34(9-2)24-13-10-22(11-14-24)16-27-30(37)35-29(23-12-15-25(41-21(6)36)26(17-23)39-7)28(20(5)33-32(35)42-27)31(38)40-18-19(3)4/h10-17,19,29H,8-9,18H2,1-7H3/b27-16-/t29-/m1/s1. The number of allylic oxidation sites excluding steroid dienone is 1. The van der Waals surface area contributed by atoms with Gasteiger partial charge in [-0.25, -0.2) is 9.79 Å². The molecule has 0 saturated carbocycles. The van der Waals surface area contributed by atoms with Gasteiger partial charge in [0.05, 0.1) is 35.6 Å². The van der Waals surface area contributed by atoms with E-state index in [0.717, 1.165) is 24.3 Å². The molecule has 0 amide bonds. The third-order valence-corrected chi connectivity index (χ3v) is 7.85. The number of carbonyl (C=O) groups excluding carboxylic acids is 2. The molecule has 2 aromatic carbocycles. The van der Waals surface area contributed by atoms with Crippen LogP contribution < -0.4 is 29.3 Å². The summed E-state index contributed by atoms with van der Waals surface area (Å²) in [6, 6.07) is 12.2. The summed E-state index contributed by atoms with van der Waals surface area (Å²) in [4.78, 5) is 46.4. The van der Waals surface area contributed by atoms with Crippen LogP contribution >= 0.6 is 11.3 Å². The predicted octanol–water partition coefficient (Wildman–Crippen LogP) is 4.21. The van der Waals surface area contributed by atoms with Gasteiger partial charge in [0.2, 0.25) is 0 Å². The van der Waals surface area contributed by atoms with E-state index in [-0.39, 0.29) is 29.4 Å². The fraction of sp³-hybridized carbons (Fsp3) is 0.375. The Morgan fingerprint density at radius 3 is 2.38 bits per heavy atom. The van der Waals surface area contributed by atoms with Crippen molar-refractivity contribution < 1.29 is 23.8 Å². The van der Waals surface area contributed by atoms with Crippen molar-refractivity contribution in [2.75, 3.05) is 31.7 Å². The number of benzene rings is 2. The molecule has 0 saturated heterocycles. The average Bonchev–Trinajstić information content (AvgIpc) is 3.26. The third kappa shape index (κ3) is 6.49. The van der Waals surface area contributed by atoms with Crippen LogP contribution in [0.25, 0.3) is 6.08 Å². The van der Waals surface area contributed by atoms with Gasteiger partial charge in [0.25, 0.3) is 5.56 Å². The lowest BCUT2D eigenvalue weighted by atomic mass is 9.95. The van der Waals surface area contributed by atoms with E-state index < -0.39 is 18.0 Å². The Morgan fingerprint density at radius 2 is 1.79 bits per heavy atom. The van der Waals surface area contributed by atoms with Crippen LogP contribution in [0.5, 0.6) is 11.5 Å². The Bertz CT molecular complexity index is 1680. The van der Waals surface area contributed by atoms with Crippen molar-refractivity contribution in [3.05, 3.63) is 84.5 Å². The number of hydrogen-bond acceptors (Lipinski definition) is 9. The van der Waals surface area contributed by atoms with Gasteiger partial charge in [0.15, 0.2) is 16.3 Å². The van der Waals surface area contributed by atoms with Crippen molar-refractivity contribution in [3.8, 4) is 11.5 Å². The highest BCUT2D eigenvalue weighted by molar-refractivity contribution is 7.07. The summed E-state index contributed by atoms with van der Waals surface area (Å²) in [5.41, 5.74) is 3.04. The van der Waals surface area contributed by atoms with E-state index in [9.17, 15) is 14.4 Å². The highest BCUT2D eigenvalue weighted by atomic mass is 32.1. The van der Waals surface area contributed by atoms with E-state index in [1.807, 2.05) is 44.2 Å². The second kappa shape index (κ2) is 13.2. The molecule has 0 unspecified atom stereocenters. The molecule has 10 heteroatoms. The molecular weight excluding hydrogens is 554 g/mol. The summed E-state index contributed by atoms with van der Waals surface area (Å²) in [5, 5.41) is 0. The van der Waals surface area contributed by atoms with Gasteiger partial charge in [0.1, 0.15) is 0 Å². The Kier molecular flexibility index (Phi) is 9.67. The second-order valence-corrected chi connectivity index (χ2v) is 11.4. The van der Waals surface area contributed by atoms with Crippen molar-refractivity contribution in [1.82, 2.24) is 4.57 Å². The first-order chi connectivity index (χ1) is 20.1. The fourth-order valence-electron chi connectivity index (χ4n) is 4.83. The number of anilines is 1. The number of rotatable bonds is 10.